The summed E-state index contributed by atoms with van der Waals surface area (Å²) in [5.41, 5.74) is 4.03. The smallest absolute Gasteiger partial charge is 0.257 e. The predicted octanol–water partition coefficient (Wildman–Crippen LogP) is 3.82. The summed E-state index contributed by atoms with van der Waals surface area (Å²) in [6.07, 6.45) is 2.89. The van der Waals surface area contributed by atoms with E-state index in [2.05, 4.69) is 25.3 Å². The average Bonchev–Trinajstić information content (AvgIpc) is 3.23. The van der Waals surface area contributed by atoms with Gasteiger partial charge in [-0.05, 0) is 12.1 Å². The Morgan fingerprint density at radius 3 is 2.64 bits per heavy atom. The lowest BCUT2D eigenvalue weighted by molar-refractivity contribution is 0.102. The molecule has 134 valence electrons. The van der Waals surface area contributed by atoms with Gasteiger partial charge in [-0.1, -0.05) is 48.5 Å². The predicted molar refractivity (Wildman–Crippen MR) is 107 cm³/mol. The lowest BCUT2D eigenvalue weighted by atomic mass is 10.0. The summed E-state index contributed by atoms with van der Waals surface area (Å²) in [5, 5.41) is 3.64. The highest BCUT2D eigenvalue weighted by Crippen LogP contribution is 2.26. The van der Waals surface area contributed by atoms with E-state index < -0.39 is 0 Å². The van der Waals surface area contributed by atoms with Crippen LogP contribution in [0.25, 0.3) is 33.3 Å². The number of aromatic amines is 1. The highest BCUT2D eigenvalue weighted by atomic mass is 16.1. The van der Waals surface area contributed by atoms with Crippen LogP contribution in [-0.2, 0) is 0 Å². The molecule has 0 spiro atoms. The van der Waals surface area contributed by atoms with Gasteiger partial charge in [-0.25, -0.2) is 19.9 Å². The molecule has 2 N–H and O–H groups in total. The fourth-order valence-corrected chi connectivity index (χ4v) is 3.15. The third kappa shape index (κ3) is 2.75. The first-order valence-electron chi connectivity index (χ1n) is 8.70. The number of imidazole rings is 1. The van der Waals surface area contributed by atoms with Crippen molar-refractivity contribution in [2.75, 3.05) is 5.32 Å². The zero-order chi connectivity index (χ0) is 18.9. The van der Waals surface area contributed by atoms with E-state index in [1.54, 1.807) is 6.07 Å². The first-order valence-corrected chi connectivity index (χ1v) is 8.70. The van der Waals surface area contributed by atoms with Crippen molar-refractivity contribution in [3.63, 3.8) is 0 Å². The van der Waals surface area contributed by atoms with E-state index >= 15 is 0 Å². The second-order valence-corrected chi connectivity index (χ2v) is 6.22. The minimum absolute atomic E-state index is 0.273. The minimum atomic E-state index is -0.273. The Bertz CT molecular complexity index is 1310. The molecule has 0 aliphatic heterocycles. The van der Waals surface area contributed by atoms with Crippen LogP contribution < -0.4 is 5.32 Å². The molecule has 0 saturated heterocycles. The quantitative estimate of drug-likeness (QED) is 0.506. The Kier molecular flexibility index (Phi) is 3.76. The van der Waals surface area contributed by atoms with E-state index in [0.717, 1.165) is 22.2 Å². The largest absolute Gasteiger partial charge is 0.340 e. The van der Waals surface area contributed by atoms with Gasteiger partial charge in [-0.2, -0.15) is 0 Å². The van der Waals surface area contributed by atoms with Crippen LogP contribution in [0.5, 0.6) is 0 Å². The van der Waals surface area contributed by atoms with Crippen LogP contribution in [0, 0.1) is 0 Å². The Balaban J connectivity index is 1.63. The molecule has 5 aromatic rings. The highest BCUT2D eigenvalue weighted by molar-refractivity contribution is 6.14. The van der Waals surface area contributed by atoms with Crippen molar-refractivity contribution in [3.8, 4) is 11.3 Å². The van der Waals surface area contributed by atoms with Crippen molar-refractivity contribution in [2.45, 2.75) is 0 Å². The van der Waals surface area contributed by atoms with Gasteiger partial charge in [-0.3, -0.25) is 4.79 Å². The first-order chi connectivity index (χ1) is 13.8. The van der Waals surface area contributed by atoms with Crippen molar-refractivity contribution in [1.82, 2.24) is 24.9 Å². The molecular formula is C21H14N6O. The van der Waals surface area contributed by atoms with Gasteiger partial charge in [0, 0.05) is 10.9 Å². The molecular weight excluding hydrogens is 352 g/mol. The van der Waals surface area contributed by atoms with E-state index in [1.165, 1.54) is 12.7 Å². The van der Waals surface area contributed by atoms with Gasteiger partial charge < -0.3 is 10.3 Å². The number of anilines is 1. The van der Waals surface area contributed by atoms with Crippen molar-refractivity contribution in [1.29, 1.82) is 0 Å². The van der Waals surface area contributed by atoms with Gasteiger partial charge in [-0.15, -0.1) is 0 Å². The van der Waals surface area contributed by atoms with Crippen LogP contribution >= 0.6 is 0 Å². The SMILES string of the molecule is O=C(Nc1ncnc2nc[nH]c12)c1cc(-c2ccccc2)nc2ccccc12. The molecule has 0 saturated carbocycles. The number of nitrogens with zero attached hydrogens (tertiary/aromatic N) is 4. The standard InChI is InChI=1S/C21H14N6O/c28-21(27-20-18-19(23-11-22-18)24-12-25-20)15-10-17(13-6-2-1-3-7-13)26-16-9-5-4-8-14(15)16/h1-12H,(H2,22,23,24,25,27,28). The Labute approximate surface area is 159 Å². The summed E-state index contributed by atoms with van der Waals surface area (Å²) in [7, 11) is 0. The topological polar surface area (TPSA) is 96.5 Å². The molecule has 3 heterocycles. The van der Waals surface area contributed by atoms with E-state index in [-0.39, 0.29) is 5.91 Å². The third-order valence-corrected chi connectivity index (χ3v) is 4.49. The molecule has 5 rings (SSSR count). The maximum Gasteiger partial charge on any atom is 0.257 e. The number of benzene rings is 2. The molecule has 3 aromatic heterocycles. The molecule has 0 atom stereocenters. The molecule has 0 bridgehead atoms. The van der Waals surface area contributed by atoms with Crippen LogP contribution in [0.3, 0.4) is 0 Å². The van der Waals surface area contributed by atoms with Crippen LogP contribution in [0.4, 0.5) is 5.82 Å². The van der Waals surface area contributed by atoms with Gasteiger partial charge in [0.25, 0.3) is 5.91 Å². The van der Waals surface area contributed by atoms with Gasteiger partial charge in [0.15, 0.2) is 11.5 Å². The second kappa shape index (κ2) is 6.55. The van der Waals surface area contributed by atoms with Crippen molar-refractivity contribution < 1.29 is 4.79 Å². The van der Waals surface area contributed by atoms with E-state index in [0.29, 0.717) is 22.5 Å². The first kappa shape index (κ1) is 16.1. The zero-order valence-electron chi connectivity index (χ0n) is 14.6. The van der Waals surface area contributed by atoms with Gasteiger partial charge in [0.2, 0.25) is 0 Å². The maximum atomic E-state index is 13.1. The molecule has 1 amide bonds. The number of aromatic nitrogens is 5. The molecule has 7 heteroatoms. The lowest BCUT2D eigenvalue weighted by Gasteiger charge is -2.10. The molecule has 2 aromatic carbocycles. The molecule has 7 nitrogen and oxygen atoms in total. The number of hydrogen-bond acceptors (Lipinski definition) is 5. The highest BCUT2D eigenvalue weighted by Gasteiger charge is 2.16. The van der Waals surface area contributed by atoms with Crippen molar-refractivity contribution in [3.05, 3.63) is 78.9 Å². The number of H-pyrrole nitrogens is 1. The number of pyridine rings is 1. The Morgan fingerprint density at radius 2 is 1.75 bits per heavy atom. The number of fused-ring (bicyclic) bond motifs is 2. The summed E-state index contributed by atoms with van der Waals surface area (Å²) < 4.78 is 0. The number of amides is 1. The second-order valence-electron chi connectivity index (χ2n) is 6.22. The fraction of sp³-hybridized carbons (Fsp3) is 0. The molecule has 0 radical (unpaired) electrons. The van der Waals surface area contributed by atoms with Gasteiger partial charge in [0.1, 0.15) is 11.8 Å². The molecule has 0 unspecified atom stereocenters. The number of para-hydroxylation sites is 1. The Morgan fingerprint density at radius 1 is 0.929 bits per heavy atom. The van der Waals surface area contributed by atoms with Crippen LogP contribution in [0.1, 0.15) is 10.4 Å². The van der Waals surface area contributed by atoms with E-state index in [4.69, 9.17) is 4.98 Å². The summed E-state index contributed by atoms with van der Waals surface area (Å²) in [5.74, 6) is 0.111. The Hall–Kier alpha value is -4.13. The third-order valence-electron chi connectivity index (χ3n) is 4.49. The summed E-state index contributed by atoms with van der Waals surface area (Å²) in [4.78, 5) is 33.2. The number of carbonyl (C=O) groups excluding carboxylic acids is 1. The normalized spacial score (nSPS) is 11.0. The van der Waals surface area contributed by atoms with Crippen LogP contribution in [0.2, 0.25) is 0 Å². The zero-order valence-corrected chi connectivity index (χ0v) is 14.6. The van der Waals surface area contributed by atoms with Crippen molar-refractivity contribution in [2.24, 2.45) is 0 Å². The van der Waals surface area contributed by atoms with E-state index in [9.17, 15) is 4.79 Å². The fourth-order valence-electron chi connectivity index (χ4n) is 3.15. The molecule has 0 aliphatic carbocycles. The summed E-state index contributed by atoms with van der Waals surface area (Å²) in [6.45, 7) is 0. The van der Waals surface area contributed by atoms with Crippen LogP contribution in [0.15, 0.2) is 73.3 Å². The monoisotopic (exact) mass is 366 g/mol. The molecule has 0 fully saturated rings. The van der Waals surface area contributed by atoms with Crippen LogP contribution in [-0.4, -0.2) is 30.8 Å². The number of hydrogen-bond donors (Lipinski definition) is 2. The number of nitrogens with one attached hydrogen (secondary N) is 2. The number of rotatable bonds is 3. The lowest BCUT2D eigenvalue weighted by Crippen LogP contribution is -2.14. The van der Waals surface area contributed by atoms with Gasteiger partial charge in [0.05, 0.1) is 23.1 Å². The number of carbonyl (C=O) groups is 1. The van der Waals surface area contributed by atoms with E-state index in [1.807, 2.05) is 54.6 Å². The average molecular weight is 366 g/mol. The summed E-state index contributed by atoms with van der Waals surface area (Å²) in [6, 6.07) is 19.2. The summed E-state index contributed by atoms with van der Waals surface area (Å²) >= 11 is 0. The molecule has 28 heavy (non-hydrogen) atoms. The maximum absolute atomic E-state index is 13.1. The van der Waals surface area contributed by atoms with Gasteiger partial charge >= 0.3 is 0 Å². The minimum Gasteiger partial charge on any atom is -0.340 e. The molecule has 0 aliphatic rings. The van der Waals surface area contributed by atoms with Crippen molar-refractivity contribution >= 4 is 33.8 Å².